The molecule has 4 nitrogen and oxygen atoms in total. The second kappa shape index (κ2) is 7.52. The van der Waals surface area contributed by atoms with E-state index in [9.17, 15) is 0 Å². The molecule has 1 heterocycles. The van der Waals surface area contributed by atoms with Crippen molar-refractivity contribution in [1.82, 2.24) is 20.1 Å². The smallest absolute Gasteiger partial charge is 0.138 e. The highest BCUT2D eigenvalue weighted by Crippen LogP contribution is 2.20. The molecule has 1 rings (SSSR count). The third-order valence-electron chi connectivity index (χ3n) is 3.57. The molecule has 0 aromatic carbocycles. The molecule has 0 aliphatic rings. The Bertz CT molecular complexity index is 332. The molecular formula is C14H28N4. The van der Waals surface area contributed by atoms with Crippen LogP contribution in [0.1, 0.15) is 46.9 Å². The molecule has 2 unspecified atom stereocenters. The van der Waals surface area contributed by atoms with Crippen LogP contribution in [0.4, 0.5) is 0 Å². The highest BCUT2D eigenvalue weighted by Gasteiger charge is 2.22. The number of hydrogen-bond acceptors (Lipinski definition) is 3. The molecule has 0 aliphatic heterocycles. The summed E-state index contributed by atoms with van der Waals surface area (Å²) in [5.41, 5.74) is 0. The third-order valence-corrected chi connectivity index (χ3v) is 3.57. The highest BCUT2D eigenvalue weighted by molar-refractivity contribution is 4.91. The molecule has 0 saturated carbocycles. The summed E-state index contributed by atoms with van der Waals surface area (Å²) in [6.07, 6.45) is 3.79. The molecule has 4 heteroatoms. The summed E-state index contributed by atoms with van der Waals surface area (Å²) < 4.78 is 2.05. The molecule has 104 valence electrons. The first-order chi connectivity index (χ1) is 8.60. The van der Waals surface area contributed by atoms with E-state index in [1.807, 2.05) is 4.68 Å². The fourth-order valence-corrected chi connectivity index (χ4v) is 2.52. The number of rotatable bonds is 8. The summed E-state index contributed by atoms with van der Waals surface area (Å²) >= 11 is 0. The molecule has 0 spiro atoms. The van der Waals surface area contributed by atoms with Gasteiger partial charge in [0.25, 0.3) is 0 Å². The zero-order chi connectivity index (χ0) is 13.5. The highest BCUT2D eigenvalue weighted by atomic mass is 15.3. The lowest BCUT2D eigenvalue weighted by molar-refractivity contribution is 0.283. The lowest BCUT2D eigenvalue weighted by Gasteiger charge is -2.27. The summed E-state index contributed by atoms with van der Waals surface area (Å²) in [5.74, 6) is 2.37. The monoisotopic (exact) mass is 252 g/mol. The van der Waals surface area contributed by atoms with Crippen molar-refractivity contribution in [2.75, 3.05) is 6.54 Å². The number of aromatic nitrogens is 3. The molecule has 0 bridgehead atoms. The number of nitrogens with one attached hydrogen (secondary N) is 1. The van der Waals surface area contributed by atoms with Crippen LogP contribution in [0.25, 0.3) is 0 Å². The van der Waals surface area contributed by atoms with Crippen LogP contribution in [0.5, 0.6) is 0 Å². The van der Waals surface area contributed by atoms with Gasteiger partial charge in [-0.05, 0) is 31.7 Å². The predicted octanol–water partition coefficient (Wildman–Crippen LogP) is 2.50. The largest absolute Gasteiger partial charge is 0.314 e. The van der Waals surface area contributed by atoms with Gasteiger partial charge in [-0.2, -0.15) is 5.10 Å². The van der Waals surface area contributed by atoms with E-state index in [2.05, 4.69) is 50.0 Å². The summed E-state index contributed by atoms with van der Waals surface area (Å²) in [7, 11) is 0. The fraction of sp³-hybridized carbons (Fsp3) is 0.857. The molecule has 18 heavy (non-hydrogen) atoms. The van der Waals surface area contributed by atoms with Gasteiger partial charge >= 0.3 is 0 Å². The summed E-state index contributed by atoms with van der Waals surface area (Å²) in [4.78, 5) is 4.42. The summed E-state index contributed by atoms with van der Waals surface area (Å²) in [6, 6.07) is 0.516. The Hall–Kier alpha value is -0.900. The van der Waals surface area contributed by atoms with Gasteiger partial charge in [0, 0.05) is 19.0 Å². The first-order valence-corrected chi connectivity index (χ1v) is 7.20. The standard InChI is InChI=1S/C14H28N4/c1-6-8-18-14(16-10-17-18)9-13(11(3)4)12(5)15-7-2/h10-13,15H,6-9H2,1-5H3. The van der Waals surface area contributed by atoms with Crippen molar-refractivity contribution in [2.24, 2.45) is 11.8 Å². The minimum atomic E-state index is 0.516. The van der Waals surface area contributed by atoms with Crippen LogP contribution >= 0.6 is 0 Å². The first-order valence-electron chi connectivity index (χ1n) is 7.20. The van der Waals surface area contributed by atoms with Crippen LogP contribution in [0.3, 0.4) is 0 Å². The Kier molecular flexibility index (Phi) is 6.33. The lowest BCUT2D eigenvalue weighted by atomic mass is 9.86. The van der Waals surface area contributed by atoms with E-state index >= 15 is 0 Å². The van der Waals surface area contributed by atoms with E-state index < -0.39 is 0 Å². The molecule has 0 aliphatic carbocycles. The van der Waals surface area contributed by atoms with Gasteiger partial charge in [0.05, 0.1) is 0 Å². The van der Waals surface area contributed by atoms with Gasteiger partial charge < -0.3 is 5.32 Å². The van der Waals surface area contributed by atoms with E-state index in [1.165, 1.54) is 0 Å². The lowest BCUT2D eigenvalue weighted by Crippen LogP contribution is -2.37. The van der Waals surface area contributed by atoms with E-state index in [0.717, 1.165) is 31.8 Å². The van der Waals surface area contributed by atoms with E-state index in [1.54, 1.807) is 6.33 Å². The average molecular weight is 252 g/mol. The SMILES string of the molecule is CCCn1ncnc1CC(C(C)C)C(C)NCC. The van der Waals surface area contributed by atoms with Crippen molar-refractivity contribution in [3.05, 3.63) is 12.2 Å². The van der Waals surface area contributed by atoms with Crippen LogP contribution in [0, 0.1) is 11.8 Å². The third kappa shape index (κ3) is 4.09. The predicted molar refractivity (Wildman–Crippen MR) is 75.5 cm³/mol. The number of hydrogen-bond donors (Lipinski definition) is 1. The van der Waals surface area contributed by atoms with Crippen LogP contribution in [-0.2, 0) is 13.0 Å². The van der Waals surface area contributed by atoms with Crippen molar-refractivity contribution < 1.29 is 0 Å². The fourth-order valence-electron chi connectivity index (χ4n) is 2.52. The van der Waals surface area contributed by atoms with Crippen molar-refractivity contribution >= 4 is 0 Å². The maximum atomic E-state index is 4.42. The maximum absolute atomic E-state index is 4.42. The molecule has 0 saturated heterocycles. The minimum Gasteiger partial charge on any atom is -0.314 e. The van der Waals surface area contributed by atoms with Crippen molar-refractivity contribution in [3.8, 4) is 0 Å². The maximum Gasteiger partial charge on any atom is 0.138 e. The Morgan fingerprint density at radius 2 is 2.00 bits per heavy atom. The second-order valence-corrected chi connectivity index (χ2v) is 5.36. The topological polar surface area (TPSA) is 42.7 Å². The van der Waals surface area contributed by atoms with Crippen LogP contribution in [0.15, 0.2) is 6.33 Å². The molecule has 0 radical (unpaired) electrons. The van der Waals surface area contributed by atoms with Crippen molar-refractivity contribution in [3.63, 3.8) is 0 Å². The van der Waals surface area contributed by atoms with Gasteiger partial charge in [0.1, 0.15) is 12.2 Å². The molecule has 2 atom stereocenters. The van der Waals surface area contributed by atoms with Gasteiger partial charge in [0.15, 0.2) is 0 Å². The van der Waals surface area contributed by atoms with Gasteiger partial charge in [-0.3, -0.25) is 4.68 Å². The Morgan fingerprint density at radius 1 is 1.28 bits per heavy atom. The first kappa shape index (κ1) is 15.2. The van der Waals surface area contributed by atoms with E-state index in [4.69, 9.17) is 0 Å². The summed E-state index contributed by atoms with van der Waals surface area (Å²) in [6.45, 7) is 13.2. The van der Waals surface area contributed by atoms with Gasteiger partial charge in [0.2, 0.25) is 0 Å². The van der Waals surface area contributed by atoms with Gasteiger partial charge in [-0.25, -0.2) is 4.98 Å². The normalized spacial score (nSPS) is 15.0. The minimum absolute atomic E-state index is 0.516. The molecule has 0 amide bonds. The molecule has 0 fully saturated rings. The van der Waals surface area contributed by atoms with Crippen LogP contribution < -0.4 is 5.32 Å². The second-order valence-electron chi connectivity index (χ2n) is 5.36. The summed E-state index contributed by atoms with van der Waals surface area (Å²) in [5, 5.41) is 7.84. The van der Waals surface area contributed by atoms with Crippen LogP contribution in [-0.4, -0.2) is 27.4 Å². The molecule has 1 N–H and O–H groups in total. The van der Waals surface area contributed by atoms with Gasteiger partial charge in [-0.15, -0.1) is 0 Å². The average Bonchev–Trinajstić information content (AvgIpc) is 2.73. The Balaban J connectivity index is 2.73. The number of aryl methyl sites for hydroxylation is 1. The molecule has 1 aromatic heterocycles. The number of nitrogens with zero attached hydrogens (tertiary/aromatic N) is 3. The zero-order valence-corrected chi connectivity index (χ0v) is 12.5. The molecular weight excluding hydrogens is 224 g/mol. The van der Waals surface area contributed by atoms with Crippen molar-refractivity contribution in [1.29, 1.82) is 0 Å². The van der Waals surface area contributed by atoms with Gasteiger partial charge in [-0.1, -0.05) is 27.7 Å². The quantitative estimate of drug-likeness (QED) is 0.773. The Labute approximate surface area is 111 Å². The molecule has 1 aromatic rings. The van der Waals surface area contributed by atoms with Crippen molar-refractivity contribution in [2.45, 2.75) is 60.0 Å². The van der Waals surface area contributed by atoms with Crippen LogP contribution in [0.2, 0.25) is 0 Å². The van der Waals surface area contributed by atoms with E-state index in [-0.39, 0.29) is 0 Å². The Morgan fingerprint density at radius 3 is 2.56 bits per heavy atom. The van der Waals surface area contributed by atoms with E-state index in [0.29, 0.717) is 17.9 Å². The zero-order valence-electron chi connectivity index (χ0n) is 12.5.